The Morgan fingerprint density at radius 1 is 1.36 bits per heavy atom. The highest BCUT2D eigenvalue weighted by atomic mass is 32.2. The van der Waals surface area contributed by atoms with E-state index in [1.165, 1.54) is 30.0 Å². The van der Waals surface area contributed by atoms with Crippen LogP contribution in [-0.2, 0) is 14.6 Å². The van der Waals surface area contributed by atoms with E-state index in [9.17, 15) is 18.0 Å². The number of anilines is 1. The van der Waals surface area contributed by atoms with E-state index in [4.69, 9.17) is 5.73 Å². The first kappa shape index (κ1) is 18.3. The van der Waals surface area contributed by atoms with Crippen molar-refractivity contribution in [2.24, 2.45) is 5.73 Å². The molecule has 1 atom stereocenters. The molecule has 3 amide bonds. The predicted octanol–water partition coefficient (Wildman–Crippen LogP) is 0.819. The van der Waals surface area contributed by atoms with Gasteiger partial charge >= 0.3 is 6.03 Å². The Balaban J connectivity index is 2.86. The van der Waals surface area contributed by atoms with E-state index in [2.05, 4.69) is 10.6 Å². The number of carbonyl (C=O) groups excluding carboxylic acids is 2. The number of hydrogen-bond acceptors (Lipinski definition) is 5. The third-order valence-electron chi connectivity index (χ3n) is 2.77. The summed E-state index contributed by atoms with van der Waals surface area (Å²) in [5.74, 6) is 0.223. The number of nitrogens with two attached hydrogens (primary N) is 1. The summed E-state index contributed by atoms with van der Waals surface area (Å²) in [6, 6.07) is 4.35. The van der Waals surface area contributed by atoms with Gasteiger partial charge in [0.25, 0.3) is 0 Å². The Labute approximate surface area is 133 Å². The monoisotopic (exact) mass is 345 g/mol. The van der Waals surface area contributed by atoms with Crippen LogP contribution in [0.2, 0.25) is 0 Å². The van der Waals surface area contributed by atoms with E-state index in [0.29, 0.717) is 17.9 Å². The predicted molar refractivity (Wildman–Crippen MR) is 87.7 cm³/mol. The van der Waals surface area contributed by atoms with E-state index in [0.717, 1.165) is 6.26 Å². The van der Waals surface area contributed by atoms with Gasteiger partial charge in [-0.05, 0) is 36.6 Å². The van der Waals surface area contributed by atoms with Crippen LogP contribution in [0.5, 0.6) is 0 Å². The number of carbonyl (C=O) groups is 2. The summed E-state index contributed by atoms with van der Waals surface area (Å²) in [6.45, 7) is 0. The fourth-order valence-electron chi connectivity index (χ4n) is 1.71. The first-order valence-corrected chi connectivity index (χ1v) is 9.68. The zero-order chi connectivity index (χ0) is 16.8. The molecule has 1 aromatic rings. The van der Waals surface area contributed by atoms with Crippen molar-refractivity contribution < 1.29 is 18.0 Å². The minimum absolute atomic E-state index is 0.105. The van der Waals surface area contributed by atoms with Gasteiger partial charge < -0.3 is 16.4 Å². The number of thioether (sulfide) groups is 1. The summed E-state index contributed by atoms with van der Waals surface area (Å²) in [6.07, 6.45) is 3.39. The Kier molecular flexibility index (Phi) is 6.69. The van der Waals surface area contributed by atoms with E-state index >= 15 is 0 Å². The molecule has 0 aliphatic carbocycles. The number of primary amides is 1. The first-order valence-electron chi connectivity index (χ1n) is 6.40. The van der Waals surface area contributed by atoms with E-state index in [1.54, 1.807) is 6.07 Å². The SMILES string of the molecule is CSCC[C@@H](NC(N)=O)C(=O)Nc1cccc(S(C)(=O)=O)c1. The van der Waals surface area contributed by atoms with Crippen molar-refractivity contribution in [2.45, 2.75) is 17.4 Å². The molecule has 0 saturated carbocycles. The lowest BCUT2D eigenvalue weighted by molar-refractivity contribution is -0.117. The molecule has 9 heteroatoms. The zero-order valence-corrected chi connectivity index (χ0v) is 14.0. The van der Waals surface area contributed by atoms with Gasteiger partial charge in [-0.3, -0.25) is 4.79 Å². The molecule has 0 aromatic heterocycles. The van der Waals surface area contributed by atoms with Gasteiger partial charge in [-0.1, -0.05) is 6.07 Å². The minimum atomic E-state index is -3.36. The fourth-order valence-corrected chi connectivity index (χ4v) is 2.85. The molecule has 1 aromatic carbocycles. The standard InChI is InChI=1S/C13H19N3O4S2/c1-21-7-6-11(16-13(14)18)12(17)15-9-4-3-5-10(8-9)22(2,19)20/h3-5,8,11H,6-7H2,1-2H3,(H,15,17)(H3,14,16,18)/t11-/m1/s1. The van der Waals surface area contributed by atoms with Gasteiger partial charge in [-0.25, -0.2) is 13.2 Å². The molecule has 122 valence electrons. The van der Waals surface area contributed by atoms with E-state index < -0.39 is 27.8 Å². The molecule has 0 spiro atoms. The Hall–Kier alpha value is -1.74. The molecule has 0 bridgehead atoms. The molecule has 1 rings (SSSR count). The summed E-state index contributed by atoms with van der Waals surface area (Å²) < 4.78 is 23.0. The molecule has 0 aliphatic rings. The summed E-state index contributed by atoms with van der Waals surface area (Å²) in [7, 11) is -3.36. The lowest BCUT2D eigenvalue weighted by Gasteiger charge is -2.17. The minimum Gasteiger partial charge on any atom is -0.352 e. The second kappa shape index (κ2) is 8.04. The maximum atomic E-state index is 12.2. The summed E-state index contributed by atoms with van der Waals surface area (Å²) in [5, 5.41) is 4.96. The van der Waals surface area contributed by atoms with Gasteiger partial charge in [-0.2, -0.15) is 11.8 Å². The molecule has 0 aliphatic heterocycles. The molecule has 0 unspecified atom stereocenters. The Bertz CT molecular complexity index is 646. The molecular formula is C13H19N3O4S2. The topological polar surface area (TPSA) is 118 Å². The van der Waals surface area contributed by atoms with Crippen molar-refractivity contribution in [3.8, 4) is 0 Å². The Morgan fingerprint density at radius 3 is 2.59 bits per heavy atom. The second-order valence-corrected chi connectivity index (χ2v) is 7.63. The number of urea groups is 1. The number of hydrogen-bond donors (Lipinski definition) is 3. The average Bonchev–Trinajstić information content (AvgIpc) is 2.42. The maximum Gasteiger partial charge on any atom is 0.312 e. The van der Waals surface area contributed by atoms with Crippen LogP contribution in [0, 0.1) is 0 Å². The third kappa shape index (κ3) is 5.94. The van der Waals surface area contributed by atoms with Gasteiger partial charge in [0.05, 0.1) is 4.90 Å². The molecule has 22 heavy (non-hydrogen) atoms. The van der Waals surface area contributed by atoms with E-state index in [1.807, 2.05) is 6.26 Å². The van der Waals surface area contributed by atoms with Crippen LogP contribution in [0.3, 0.4) is 0 Å². The lowest BCUT2D eigenvalue weighted by atomic mass is 10.2. The number of benzene rings is 1. The molecule has 4 N–H and O–H groups in total. The molecule has 0 heterocycles. The largest absolute Gasteiger partial charge is 0.352 e. The number of amides is 3. The van der Waals surface area contributed by atoms with Crippen LogP contribution in [0.15, 0.2) is 29.2 Å². The summed E-state index contributed by atoms with van der Waals surface area (Å²) in [5.41, 5.74) is 5.40. The van der Waals surface area contributed by atoms with Crippen LogP contribution in [0.1, 0.15) is 6.42 Å². The van der Waals surface area contributed by atoms with Gasteiger partial charge in [0, 0.05) is 11.9 Å². The van der Waals surface area contributed by atoms with Crippen LogP contribution in [0.25, 0.3) is 0 Å². The van der Waals surface area contributed by atoms with Gasteiger partial charge in [0.15, 0.2) is 9.84 Å². The highest BCUT2D eigenvalue weighted by Crippen LogP contribution is 2.16. The normalized spacial score (nSPS) is 12.5. The van der Waals surface area contributed by atoms with Crippen LogP contribution < -0.4 is 16.4 Å². The van der Waals surface area contributed by atoms with Crippen LogP contribution >= 0.6 is 11.8 Å². The number of sulfone groups is 1. The van der Waals surface area contributed by atoms with Crippen LogP contribution in [-0.4, -0.2) is 44.7 Å². The quantitative estimate of drug-likeness (QED) is 0.676. The van der Waals surface area contributed by atoms with Crippen molar-refractivity contribution in [3.63, 3.8) is 0 Å². The van der Waals surface area contributed by atoms with Gasteiger partial charge in [0.2, 0.25) is 5.91 Å². The van der Waals surface area contributed by atoms with Crippen molar-refractivity contribution in [1.82, 2.24) is 5.32 Å². The van der Waals surface area contributed by atoms with Crippen LogP contribution in [0.4, 0.5) is 10.5 Å². The number of rotatable bonds is 7. The third-order valence-corrected chi connectivity index (χ3v) is 4.53. The molecular weight excluding hydrogens is 326 g/mol. The van der Waals surface area contributed by atoms with Crippen molar-refractivity contribution in [3.05, 3.63) is 24.3 Å². The zero-order valence-electron chi connectivity index (χ0n) is 12.3. The van der Waals surface area contributed by atoms with Crippen molar-refractivity contribution >= 4 is 39.2 Å². The highest BCUT2D eigenvalue weighted by Gasteiger charge is 2.20. The van der Waals surface area contributed by atoms with Gasteiger partial charge in [-0.15, -0.1) is 0 Å². The smallest absolute Gasteiger partial charge is 0.312 e. The molecule has 0 fully saturated rings. The van der Waals surface area contributed by atoms with Crippen molar-refractivity contribution in [1.29, 1.82) is 0 Å². The van der Waals surface area contributed by atoms with Gasteiger partial charge in [0.1, 0.15) is 6.04 Å². The first-order chi connectivity index (χ1) is 10.2. The van der Waals surface area contributed by atoms with E-state index in [-0.39, 0.29) is 4.90 Å². The molecule has 7 nitrogen and oxygen atoms in total. The molecule has 0 radical (unpaired) electrons. The lowest BCUT2D eigenvalue weighted by Crippen LogP contribution is -2.46. The average molecular weight is 345 g/mol. The molecule has 0 saturated heterocycles. The maximum absolute atomic E-state index is 12.2. The number of nitrogens with one attached hydrogen (secondary N) is 2. The second-order valence-electron chi connectivity index (χ2n) is 4.63. The Morgan fingerprint density at radius 2 is 2.05 bits per heavy atom. The summed E-state index contributed by atoms with van der Waals surface area (Å²) >= 11 is 1.54. The van der Waals surface area contributed by atoms with Crippen molar-refractivity contribution in [2.75, 3.05) is 23.6 Å². The fraction of sp³-hybridized carbons (Fsp3) is 0.385. The summed E-state index contributed by atoms with van der Waals surface area (Å²) in [4.78, 5) is 23.2. The highest BCUT2D eigenvalue weighted by molar-refractivity contribution is 7.98.